The molecule has 1 aliphatic heterocycles. The van der Waals surface area contributed by atoms with E-state index < -0.39 is 17.3 Å². The van der Waals surface area contributed by atoms with Crippen LogP contribution in [0.25, 0.3) is 11.0 Å². The van der Waals surface area contributed by atoms with Crippen LogP contribution < -0.4 is 16.2 Å². The lowest BCUT2D eigenvalue weighted by Crippen LogP contribution is -2.26. The lowest BCUT2D eigenvalue weighted by atomic mass is 9.98. The highest BCUT2D eigenvalue weighted by Gasteiger charge is 2.33. The van der Waals surface area contributed by atoms with Crippen LogP contribution in [0.15, 0.2) is 59.8 Å². The number of pyridine rings is 2. The molecular formula is C29H27F3N6O. The number of nitrogens with zero attached hydrogens (tertiary/aromatic N) is 4. The molecule has 2 N–H and O–H groups in total. The molecule has 0 saturated carbocycles. The Balaban J connectivity index is 1.56. The van der Waals surface area contributed by atoms with Crippen molar-refractivity contribution in [1.82, 2.24) is 24.8 Å². The van der Waals surface area contributed by atoms with Crippen molar-refractivity contribution < 1.29 is 13.2 Å². The van der Waals surface area contributed by atoms with E-state index in [0.717, 1.165) is 43.7 Å². The summed E-state index contributed by atoms with van der Waals surface area (Å²) in [4.78, 5) is 26.3. The fourth-order valence-corrected chi connectivity index (χ4v) is 4.58. The van der Waals surface area contributed by atoms with Gasteiger partial charge in [0, 0.05) is 47.7 Å². The van der Waals surface area contributed by atoms with Gasteiger partial charge in [-0.3, -0.25) is 14.3 Å². The molecule has 4 aromatic rings. The molecule has 1 aromatic carbocycles. The summed E-state index contributed by atoms with van der Waals surface area (Å²) >= 11 is 0. The Morgan fingerprint density at radius 1 is 1.18 bits per heavy atom. The van der Waals surface area contributed by atoms with Gasteiger partial charge in [-0.25, -0.2) is 4.98 Å². The van der Waals surface area contributed by atoms with E-state index in [1.54, 1.807) is 6.07 Å². The second kappa shape index (κ2) is 10.9. The number of halogens is 3. The van der Waals surface area contributed by atoms with Crippen LogP contribution in [0.2, 0.25) is 0 Å². The van der Waals surface area contributed by atoms with Gasteiger partial charge >= 0.3 is 6.18 Å². The molecule has 1 unspecified atom stereocenters. The van der Waals surface area contributed by atoms with E-state index in [0.29, 0.717) is 11.3 Å². The zero-order valence-electron chi connectivity index (χ0n) is 21.5. The summed E-state index contributed by atoms with van der Waals surface area (Å²) in [6.07, 6.45) is 0.225. The van der Waals surface area contributed by atoms with E-state index in [-0.39, 0.29) is 35.2 Å². The topological polar surface area (TPSA) is 84.7 Å². The SMILES string of the molecule is CC(C)C#Cc1cc2cnc(Nc3ccc(C4CCNC4)cc3)nc2n(Cc2cnccc2C(F)(F)F)c1=O. The first-order valence-corrected chi connectivity index (χ1v) is 12.7. The second-order valence-electron chi connectivity index (χ2n) is 9.81. The molecular weight excluding hydrogens is 505 g/mol. The van der Waals surface area contributed by atoms with Crippen LogP contribution in [-0.4, -0.2) is 32.6 Å². The van der Waals surface area contributed by atoms with E-state index in [9.17, 15) is 18.0 Å². The van der Waals surface area contributed by atoms with E-state index in [4.69, 9.17) is 0 Å². The van der Waals surface area contributed by atoms with Gasteiger partial charge in [0.1, 0.15) is 5.65 Å². The largest absolute Gasteiger partial charge is 0.416 e. The van der Waals surface area contributed by atoms with Crippen molar-refractivity contribution in [3.05, 3.63) is 87.6 Å². The average molecular weight is 533 g/mol. The molecule has 1 saturated heterocycles. The Morgan fingerprint density at radius 3 is 2.67 bits per heavy atom. The minimum absolute atomic E-state index is 0.00264. The molecule has 7 nitrogen and oxygen atoms in total. The number of hydrogen-bond donors (Lipinski definition) is 2. The zero-order valence-corrected chi connectivity index (χ0v) is 21.5. The lowest BCUT2D eigenvalue weighted by Gasteiger charge is -2.16. The van der Waals surface area contributed by atoms with Crippen molar-refractivity contribution in [2.75, 3.05) is 18.4 Å². The van der Waals surface area contributed by atoms with Gasteiger partial charge in [-0.2, -0.15) is 18.2 Å². The number of anilines is 2. The molecule has 1 atom stereocenters. The van der Waals surface area contributed by atoms with E-state index in [1.165, 1.54) is 16.3 Å². The van der Waals surface area contributed by atoms with Crippen molar-refractivity contribution in [2.24, 2.45) is 5.92 Å². The molecule has 3 aromatic heterocycles. The highest BCUT2D eigenvalue weighted by atomic mass is 19.4. The summed E-state index contributed by atoms with van der Waals surface area (Å²) in [5, 5.41) is 6.98. The van der Waals surface area contributed by atoms with Gasteiger partial charge in [0.15, 0.2) is 0 Å². The number of fused-ring (bicyclic) bond motifs is 1. The molecule has 0 radical (unpaired) electrons. The predicted molar refractivity (Wildman–Crippen MR) is 144 cm³/mol. The average Bonchev–Trinajstić information content (AvgIpc) is 3.45. The Bertz CT molecular complexity index is 1610. The Labute approximate surface area is 223 Å². The highest BCUT2D eigenvalue weighted by Crippen LogP contribution is 2.32. The smallest absolute Gasteiger partial charge is 0.324 e. The Morgan fingerprint density at radius 2 is 1.97 bits per heavy atom. The lowest BCUT2D eigenvalue weighted by molar-refractivity contribution is -0.138. The second-order valence-corrected chi connectivity index (χ2v) is 9.81. The predicted octanol–water partition coefficient (Wildman–Crippen LogP) is 5.08. The fourth-order valence-electron chi connectivity index (χ4n) is 4.58. The molecule has 1 fully saturated rings. The summed E-state index contributed by atoms with van der Waals surface area (Å²) in [7, 11) is 0. The third-order valence-corrected chi connectivity index (χ3v) is 6.56. The molecule has 4 heterocycles. The third-order valence-electron chi connectivity index (χ3n) is 6.56. The Kier molecular flexibility index (Phi) is 7.35. The molecule has 1 aliphatic rings. The third kappa shape index (κ3) is 5.94. The molecule has 0 spiro atoms. The number of aromatic nitrogens is 4. The van der Waals surface area contributed by atoms with E-state index >= 15 is 0 Å². The molecule has 39 heavy (non-hydrogen) atoms. The maximum Gasteiger partial charge on any atom is 0.416 e. The van der Waals surface area contributed by atoms with Crippen LogP contribution in [0.5, 0.6) is 0 Å². The molecule has 10 heteroatoms. The standard InChI is InChI=1S/C29H27F3N6O/c1-18(2)3-4-20-13-22-16-35-28(36-24-7-5-19(6-8-24)21-9-11-33-14-21)37-26(22)38(27(20)39)17-23-15-34-12-10-25(23)29(30,31)32/h5-8,10,12-13,15-16,18,21,33H,9,11,14,17H2,1-2H3,(H,35,36,37). The van der Waals surface area contributed by atoms with Crippen LogP contribution in [-0.2, 0) is 12.7 Å². The number of nitrogens with one attached hydrogen (secondary N) is 2. The van der Waals surface area contributed by atoms with Gasteiger partial charge in [-0.15, -0.1) is 0 Å². The molecule has 200 valence electrons. The van der Waals surface area contributed by atoms with Crippen molar-refractivity contribution in [1.29, 1.82) is 0 Å². The zero-order chi connectivity index (χ0) is 27.6. The minimum Gasteiger partial charge on any atom is -0.324 e. The van der Waals surface area contributed by atoms with E-state index in [2.05, 4.69) is 49.6 Å². The Hall–Kier alpha value is -4.23. The first kappa shape index (κ1) is 26.4. The molecule has 5 rings (SSSR count). The van der Waals surface area contributed by atoms with E-state index in [1.807, 2.05) is 26.0 Å². The van der Waals surface area contributed by atoms with Crippen molar-refractivity contribution >= 4 is 22.7 Å². The van der Waals surface area contributed by atoms with Gasteiger partial charge in [0.25, 0.3) is 5.56 Å². The first-order chi connectivity index (χ1) is 18.7. The van der Waals surface area contributed by atoms with Crippen LogP contribution in [0.3, 0.4) is 0 Å². The van der Waals surface area contributed by atoms with Gasteiger partial charge in [-0.1, -0.05) is 37.8 Å². The summed E-state index contributed by atoms with van der Waals surface area (Å²) < 4.78 is 42.3. The van der Waals surface area contributed by atoms with Gasteiger partial charge in [0.05, 0.1) is 17.7 Å². The van der Waals surface area contributed by atoms with Crippen LogP contribution in [0, 0.1) is 17.8 Å². The number of benzene rings is 1. The van der Waals surface area contributed by atoms with Crippen LogP contribution >= 0.6 is 0 Å². The molecule has 0 bridgehead atoms. The maximum absolute atomic E-state index is 13.7. The monoisotopic (exact) mass is 532 g/mol. The summed E-state index contributed by atoms with van der Waals surface area (Å²) in [5.74, 6) is 6.51. The quantitative estimate of drug-likeness (QED) is 0.349. The van der Waals surface area contributed by atoms with Gasteiger partial charge < -0.3 is 10.6 Å². The summed E-state index contributed by atoms with van der Waals surface area (Å²) in [6.45, 7) is 5.35. The van der Waals surface area contributed by atoms with Crippen LogP contribution in [0.1, 0.15) is 48.4 Å². The normalized spacial score (nSPS) is 15.4. The number of hydrogen-bond acceptors (Lipinski definition) is 6. The number of rotatable bonds is 5. The molecule has 0 amide bonds. The fraction of sp³-hybridized carbons (Fsp3) is 0.310. The van der Waals surface area contributed by atoms with Gasteiger partial charge in [0.2, 0.25) is 5.95 Å². The van der Waals surface area contributed by atoms with Crippen molar-refractivity contribution in [2.45, 2.75) is 38.9 Å². The van der Waals surface area contributed by atoms with Crippen molar-refractivity contribution in [3.8, 4) is 11.8 Å². The molecule has 0 aliphatic carbocycles. The maximum atomic E-state index is 13.7. The summed E-state index contributed by atoms with van der Waals surface area (Å²) in [6, 6.07) is 10.5. The summed E-state index contributed by atoms with van der Waals surface area (Å²) in [5.41, 5.74) is 0.809. The van der Waals surface area contributed by atoms with Crippen LogP contribution in [0.4, 0.5) is 24.8 Å². The van der Waals surface area contributed by atoms with Crippen molar-refractivity contribution in [3.63, 3.8) is 0 Å². The van der Waals surface area contributed by atoms with Gasteiger partial charge in [-0.05, 0) is 48.7 Å². The highest BCUT2D eigenvalue weighted by molar-refractivity contribution is 5.77. The first-order valence-electron chi connectivity index (χ1n) is 12.7. The number of alkyl halides is 3. The minimum atomic E-state index is -4.60.